The number of carboxylic acids is 1. The maximum absolute atomic E-state index is 10.5. The summed E-state index contributed by atoms with van der Waals surface area (Å²) in [5.74, 6) is 0.111. The fourth-order valence-corrected chi connectivity index (χ4v) is 2.09. The van der Waals surface area contributed by atoms with Gasteiger partial charge in [-0.2, -0.15) is 0 Å². The highest BCUT2D eigenvalue weighted by Gasteiger charge is 2.04. The van der Waals surface area contributed by atoms with Crippen molar-refractivity contribution in [3.05, 3.63) is 57.8 Å². The lowest BCUT2D eigenvalue weighted by molar-refractivity contribution is -0.131. The van der Waals surface area contributed by atoms with Crippen LogP contribution in [-0.2, 0) is 4.79 Å². The number of carboxylic acid groups (broad SMARTS) is 1. The summed E-state index contributed by atoms with van der Waals surface area (Å²) >= 11 is 9.20. The van der Waals surface area contributed by atoms with E-state index in [4.69, 9.17) is 21.4 Å². The monoisotopic (exact) mass is 353 g/mol. The first-order valence-corrected chi connectivity index (χ1v) is 6.70. The number of aliphatic carboxylic acids is 1. The topological polar surface area (TPSA) is 59.4 Å². The largest absolute Gasteiger partial charge is 0.478 e. The third kappa shape index (κ3) is 4.08. The lowest BCUT2D eigenvalue weighted by Crippen LogP contribution is -1.88. The Balaban J connectivity index is 2.20. The van der Waals surface area contributed by atoms with Gasteiger partial charge in [-0.3, -0.25) is 4.98 Å². The molecule has 0 saturated heterocycles. The number of rotatable bonds is 4. The summed E-state index contributed by atoms with van der Waals surface area (Å²) in [4.78, 5) is 14.4. The Bertz CT molecular complexity index is 673. The molecule has 0 bridgehead atoms. The molecule has 6 heteroatoms. The molecule has 0 atom stereocenters. The number of pyridine rings is 1. The van der Waals surface area contributed by atoms with E-state index in [2.05, 4.69) is 20.9 Å². The third-order valence-electron chi connectivity index (χ3n) is 2.28. The Hall–Kier alpha value is -1.85. The van der Waals surface area contributed by atoms with Crippen LogP contribution in [-0.4, -0.2) is 16.1 Å². The van der Waals surface area contributed by atoms with Gasteiger partial charge in [-0.25, -0.2) is 4.79 Å². The zero-order valence-electron chi connectivity index (χ0n) is 10.1. The van der Waals surface area contributed by atoms with Crippen molar-refractivity contribution in [1.82, 2.24) is 4.98 Å². The fraction of sp³-hybridized carbons (Fsp3) is 0. The Labute approximate surface area is 128 Å². The van der Waals surface area contributed by atoms with Crippen LogP contribution in [0.15, 0.2) is 47.2 Å². The van der Waals surface area contributed by atoms with Gasteiger partial charge in [0.15, 0.2) is 0 Å². The van der Waals surface area contributed by atoms with Gasteiger partial charge in [0.2, 0.25) is 0 Å². The zero-order chi connectivity index (χ0) is 14.5. The van der Waals surface area contributed by atoms with Crippen LogP contribution in [0.25, 0.3) is 6.08 Å². The summed E-state index contributed by atoms with van der Waals surface area (Å²) in [6, 6.07) is 6.88. The zero-order valence-corrected chi connectivity index (χ0v) is 12.4. The first-order valence-electron chi connectivity index (χ1n) is 5.53. The van der Waals surface area contributed by atoms with Crippen LogP contribution in [0.5, 0.6) is 11.5 Å². The van der Waals surface area contributed by atoms with E-state index < -0.39 is 5.97 Å². The minimum atomic E-state index is -0.994. The van der Waals surface area contributed by atoms with E-state index in [1.807, 2.05) is 0 Å². The van der Waals surface area contributed by atoms with Gasteiger partial charge in [-0.15, -0.1) is 0 Å². The lowest BCUT2D eigenvalue weighted by atomic mass is 10.2. The predicted molar refractivity (Wildman–Crippen MR) is 80.1 cm³/mol. The Kier molecular flexibility index (Phi) is 4.76. The van der Waals surface area contributed by atoms with Crippen LogP contribution in [0.3, 0.4) is 0 Å². The molecule has 1 N–H and O–H groups in total. The van der Waals surface area contributed by atoms with Crippen molar-refractivity contribution in [1.29, 1.82) is 0 Å². The maximum atomic E-state index is 10.5. The average molecular weight is 355 g/mol. The maximum Gasteiger partial charge on any atom is 0.328 e. The van der Waals surface area contributed by atoms with Gasteiger partial charge in [-0.1, -0.05) is 17.7 Å². The molecule has 0 spiro atoms. The van der Waals surface area contributed by atoms with E-state index in [9.17, 15) is 4.79 Å². The van der Waals surface area contributed by atoms with Crippen LogP contribution in [0.2, 0.25) is 5.02 Å². The van der Waals surface area contributed by atoms with Crippen LogP contribution in [0, 0.1) is 0 Å². The fourth-order valence-electron chi connectivity index (χ4n) is 1.45. The molecule has 0 radical (unpaired) electrons. The highest BCUT2D eigenvalue weighted by molar-refractivity contribution is 9.10. The summed E-state index contributed by atoms with van der Waals surface area (Å²) in [6.07, 6.45) is 5.64. The van der Waals surface area contributed by atoms with Crippen LogP contribution < -0.4 is 4.74 Å². The number of benzene rings is 1. The SMILES string of the molecule is O=C(O)/C=C/c1ccc(Oc2cncc(Cl)c2)c(Br)c1. The number of nitrogens with zero attached hydrogens (tertiary/aromatic N) is 1. The summed E-state index contributed by atoms with van der Waals surface area (Å²) < 4.78 is 6.34. The number of carbonyl (C=O) groups is 1. The van der Waals surface area contributed by atoms with Crippen LogP contribution in [0.1, 0.15) is 5.56 Å². The molecule has 0 fully saturated rings. The van der Waals surface area contributed by atoms with Crippen LogP contribution >= 0.6 is 27.5 Å². The number of hydrogen-bond donors (Lipinski definition) is 1. The second-order valence-corrected chi connectivity index (χ2v) is 5.09. The minimum Gasteiger partial charge on any atom is -0.478 e. The molecule has 0 unspecified atom stereocenters. The molecular weight excluding hydrogens is 346 g/mol. The molecular formula is C14H9BrClNO3. The van der Waals surface area contributed by atoms with Crippen LogP contribution in [0.4, 0.5) is 0 Å². The number of ether oxygens (including phenoxy) is 1. The van der Waals surface area contributed by atoms with Gasteiger partial charge < -0.3 is 9.84 Å². The molecule has 0 aliphatic heterocycles. The Morgan fingerprint density at radius 2 is 2.15 bits per heavy atom. The van der Waals surface area contributed by atoms with Crippen molar-refractivity contribution in [2.75, 3.05) is 0 Å². The third-order valence-corrected chi connectivity index (χ3v) is 3.11. The molecule has 2 aromatic rings. The minimum absolute atomic E-state index is 0.486. The van der Waals surface area contributed by atoms with Gasteiger partial charge in [0.1, 0.15) is 11.5 Å². The van der Waals surface area contributed by atoms with Crippen molar-refractivity contribution in [2.45, 2.75) is 0 Å². The molecule has 4 nitrogen and oxygen atoms in total. The first-order chi connectivity index (χ1) is 9.54. The predicted octanol–water partition coefficient (Wildman–Crippen LogP) is 4.39. The van der Waals surface area contributed by atoms with Gasteiger partial charge in [0, 0.05) is 18.3 Å². The average Bonchev–Trinajstić information content (AvgIpc) is 2.39. The lowest BCUT2D eigenvalue weighted by Gasteiger charge is -2.08. The van der Waals surface area contributed by atoms with Crippen molar-refractivity contribution >= 4 is 39.6 Å². The van der Waals surface area contributed by atoms with Gasteiger partial charge in [0.05, 0.1) is 15.7 Å². The van der Waals surface area contributed by atoms with E-state index in [-0.39, 0.29) is 0 Å². The summed E-state index contributed by atoms with van der Waals surface area (Å²) in [5.41, 5.74) is 0.746. The van der Waals surface area contributed by atoms with Crippen molar-refractivity contribution < 1.29 is 14.6 Å². The number of aromatic nitrogens is 1. The highest BCUT2D eigenvalue weighted by Crippen LogP contribution is 2.31. The van der Waals surface area contributed by atoms with Gasteiger partial charge >= 0.3 is 5.97 Å². The second kappa shape index (κ2) is 6.54. The molecule has 20 heavy (non-hydrogen) atoms. The Morgan fingerprint density at radius 1 is 1.35 bits per heavy atom. The molecule has 102 valence electrons. The standard InChI is InChI=1S/C14H9BrClNO3/c15-12-5-9(2-4-14(18)19)1-3-13(12)20-11-6-10(16)7-17-8-11/h1-8H,(H,18,19)/b4-2+. The number of halogens is 2. The molecule has 1 aromatic heterocycles. The molecule has 1 aromatic carbocycles. The van der Waals surface area contributed by atoms with Gasteiger partial charge in [-0.05, 0) is 39.7 Å². The smallest absolute Gasteiger partial charge is 0.328 e. The van der Waals surface area contributed by atoms with Gasteiger partial charge in [0.25, 0.3) is 0 Å². The molecule has 0 amide bonds. The van der Waals surface area contributed by atoms with E-state index in [0.717, 1.165) is 11.6 Å². The normalized spacial score (nSPS) is 10.7. The van der Waals surface area contributed by atoms with Crippen molar-refractivity contribution in [3.8, 4) is 11.5 Å². The van der Waals surface area contributed by atoms with E-state index in [1.165, 1.54) is 12.3 Å². The molecule has 1 heterocycles. The molecule has 0 aliphatic carbocycles. The van der Waals surface area contributed by atoms with Crippen molar-refractivity contribution in [3.63, 3.8) is 0 Å². The Morgan fingerprint density at radius 3 is 2.80 bits per heavy atom. The molecule has 2 rings (SSSR count). The highest BCUT2D eigenvalue weighted by atomic mass is 79.9. The summed E-state index contributed by atoms with van der Waals surface area (Å²) in [6.45, 7) is 0. The van der Waals surface area contributed by atoms with Crippen molar-refractivity contribution in [2.24, 2.45) is 0 Å². The van der Waals surface area contributed by atoms with E-state index >= 15 is 0 Å². The summed E-state index contributed by atoms with van der Waals surface area (Å²) in [5, 5.41) is 9.06. The number of hydrogen-bond acceptors (Lipinski definition) is 3. The van der Waals surface area contributed by atoms with E-state index in [1.54, 1.807) is 30.5 Å². The molecule has 0 saturated carbocycles. The molecule has 0 aliphatic rings. The second-order valence-electron chi connectivity index (χ2n) is 3.80. The summed E-state index contributed by atoms with van der Waals surface area (Å²) in [7, 11) is 0. The van der Waals surface area contributed by atoms with E-state index in [0.29, 0.717) is 21.0 Å². The first kappa shape index (κ1) is 14.6. The quantitative estimate of drug-likeness (QED) is 0.827.